The van der Waals surface area contributed by atoms with E-state index in [9.17, 15) is 4.79 Å². The first-order chi connectivity index (χ1) is 7.70. The van der Waals surface area contributed by atoms with Gasteiger partial charge in [0.2, 0.25) is 0 Å². The molecular formula is C13H12ClNO. The molecule has 0 radical (unpaired) electrons. The molecule has 2 aromatic rings. The number of carbonyl (C=O) groups excluding carboxylic acids is 1. The van der Waals surface area contributed by atoms with E-state index in [1.807, 2.05) is 54.1 Å². The fraction of sp³-hybridized carbons (Fsp3) is 0.154. The van der Waals surface area contributed by atoms with Crippen LogP contribution in [-0.2, 0) is 0 Å². The van der Waals surface area contributed by atoms with Crippen LogP contribution in [-0.4, -0.2) is 9.81 Å². The zero-order valence-electron chi connectivity index (χ0n) is 8.93. The molecular weight excluding hydrogens is 222 g/mol. The van der Waals surface area contributed by atoms with Crippen molar-refractivity contribution in [2.75, 3.05) is 0 Å². The molecule has 0 amide bonds. The van der Waals surface area contributed by atoms with Gasteiger partial charge in [0.15, 0.2) is 0 Å². The molecule has 16 heavy (non-hydrogen) atoms. The van der Waals surface area contributed by atoms with Crippen LogP contribution in [0.5, 0.6) is 0 Å². The third kappa shape index (κ3) is 2.02. The highest BCUT2D eigenvalue weighted by molar-refractivity contribution is 6.67. The number of aromatic nitrogens is 1. The fourth-order valence-electron chi connectivity index (χ4n) is 1.79. The largest absolute Gasteiger partial charge is 0.337 e. The highest BCUT2D eigenvalue weighted by atomic mass is 35.5. The van der Waals surface area contributed by atoms with Gasteiger partial charge in [-0.05, 0) is 36.2 Å². The average Bonchev–Trinajstić information content (AvgIpc) is 2.78. The summed E-state index contributed by atoms with van der Waals surface area (Å²) in [5.41, 5.74) is 1.68. The van der Waals surface area contributed by atoms with Gasteiger partial charge in [-0.2, -0.15) is 0 Å². The minimum Gasteiger partial charge on any atom is -0.337 e. The number of carbonyl (C=O) groups is 1. The van der Waals surface area contributed by atoms with Gasteiger partial charge >= 0.3 is 0 Å². The Morgan fingerprint density at radius 3 is 2.50 bits per heavy atom. The monoisotopic (exact) mass is 233 g/mol. The van der Waals surface area contributed by atoms with E-state index >= 15 is 0 Å². The lowest BCUT2D eigenvalue weighted by molar-refractivity contribution is 0.107. The molecule has 0 unspecified atom stereocenters. The van der Waals surface area contributed by atoms with Crippen molar-refractivity contribution in [2.45, 2.75) is 13.0 Å². The lowest BCUT2D eigenvalue weighted by Crippen LogP contribution is -2.10. The SMILES string of the molecule is C[C@H](c1ccccc1)n1cccc1C(=O)Cl. The Hall–Kier alpha value is -1.54. The Kier molecular flexibility index (Phi) is 3.11. The number of benzene rings is 1. The second-order valence-corrected chi connectivity index (χ2v) is 4.00. The van der Waals surface area contributed by atoms with Crippen LogP contribution in [0.4, 0.5) is 0 Å². The predicted molar refractivity (Wildman–Crippen MR) is 64.9 cm³/mol. The van der Waals surface area contributed by atoms with E-state index < -0.39 is 5.24 Å². The summed E-state index contributed by atoms with van der Waals surface area (Å²) in [6.45, 7) is 2.04. The van der Waals surface area contributed by atoms with Crippen LogP contribution < -0.4 is 0 Å². The summed E-state index contributed by atoms with van der Waals surface area (Å²) in [5.74, 6) is 0. The third-order valence-electron chi connectivity index (χ3n) is 2.68. The number of nitrogens with zero attached hydrogens (tertiary/aromatic N) is 1. The molecule has 0 N–H and O–H groups in total. The minimum absolute atomic E-state index is 0.105. The molecule has 0 spiro atoms. The highest BCUT2D eigenvalue weighted by Gasteiger charge is 2.13. The van der Waals surface area contributed by atoms with Gasteiger partial charge in [-0.25, -0.2) is 0 Å². The van der Waals surface area contributed by atoms with E-state index in [1.165, 1.54) is 0 Å². The van der Waals surface area contributed by atoms with E-state index in [0.29, 0.717) is 5.69 Å². The van der Waals surface area contributed by atoms with Crippen molar-refractivity contribution in [3.63, 3.8) is 0 Å². The van der Waals surface area contributed by atoms with Crippen molar-refractivity contribution in [3.05, 3.63) is 59.9 Å². The summed E-state index contributed by atoms with van der Waals surface area (Å²) in [5, 5.41) is -0.423. The van der Waals surface area contributed by atoms with Crippen molar-refractivity contribution in [2.24, 2.45) is 0 Å². The molecule has 0 aliphatic heterocycles. The van der Waals surface area contributed by atoms with E-state index in [2.05, 4.69) is 0 Å². The first-order valence-corrected chi connectivity index (χ1v) is 5.49. The molecule has 1 atom stereocenters. The zero-order valence-corrected chi connectivity index (χ0v) is 9.69. The smallest absolute Gasteiger partial charge is 0.268 e. The van der Waals surface area contributed by atoms with Crippen molar-refractivity contribution < 1.29 is 4.79 Å². The van der Waals surface area contributed by atoms with Gasteiger partial charge in [-0.1, -0.05) is 30.3 Å². The summed E-state index contributed by atoms with van der Waals surface area (Å²) in [6, 6.07) is 13.7. The molecule has 0 aliphatic carbocycles. The van der Waals surface area contributed by atoms with Crippen LogP contribution in [0.3, 0.4) is 0 Å². The molecule has 0 saturated heterocycles. The quantitative estimate of drug-likeness (QED) is 0.744. The summed E-state index contributed by atoms with van der Waals surface area (Å²) in [7, 11) is 0. The van der Waals surface area contributed by atoms with Crippen LogP contribution >= 0.6 is 11.6 Å². The first-order valence-electron chi connectivity index (χ1n) is 5.12. The fourth-order valence-corrected chi connectivity index (χ4v) is 1.95. The molecule has 82 valence electrons. The van der Waals surface area contributed by atoms with Crippen LogP contribution in [0.1, 0.15) is 29.0 Å². The van der Waals surface area contributed by atoms with Crippen LogP contribution in [0, 0.1) is 0 Å². The molecule has 0 bridgehead atoms. The van der Waals surface area contributed by atoms with E-state index in [-0.39, 0.29) is 6.04 Å². The van der Waals surface area contributed by atoms with Crippen molar-refractivity contribution in [1.29, 1.82) is 0 Å². The number of hydrogen-bond donors (Lipinski definition) is 0. The van der Waals surface area contributed by atoms with Gasteiger partial charge in [0, 0.05) is 6.20 Å². The Morgan fingerprint density at radius 1 is 1.19 bits per heavy atom. The maximum Gasteiger partial charge on any atom is 0.268 e. The zero-order chi connectivity index (χ0) is 11.5. The van der Waals surface area contributed by atoms with Crippen LogP contribution in [0.2, 0.25) is 0 Å². The lowest BCUT2D eigenvalue weighted by Gasteiger charge is -2.16. The van der Waals surface area contributed by atoms with Crippen molar-refractivity contribution in [1.82, 2.24) is 4.57 Å². The Morgan fingerprint density at radius 2 is 1.88 bits per heavy atom. The van der Waals surface area contributed by atoms with Gasteiger partial charge in [0.1, 0.15) is 5.69 Å². The first kappa shape index (κ1) is 11.0. The molecule has 2 rings (SSSR count). The summed E-state index contributed by atoms with van der Waals surface area (Å²) >= 11 is 5.52. The minimum atomic E-state index is -0.423. The second-order valence-electron chi connectivity index (χ2n) is 3.66. The molecule has 1 aromatic carbocycles. The average molecular weight is 234 g/mol. The van der Waals surface area contributed by atoms with Gasteiger partial charge < -0.3 is 4.57 Å². The summed E-state index contributed by atoms with van der Waals surface area (Å²) < 4.78 is 1.88. The number of rotatable bonds is 3. The van der Waals surface area contributed by atoms with Crippen LogP contribution in [0.15, 0.2) is 48.7 Å². The standard InChI is InChI=1S/C13H12ClNO/c1-10(11-6-3-2-4-7-11)15-9-5-8-12(15)13(14)16/h2-10H,1H3/t10-/m1/s1. The van der Waals surface area contributed by atoms with Gasteiger partial charge in [0.05, 0.1) is 6.04 Å². The van der Waals surface area contributed by atoms with Crippen LogP contribution in [0.25, 0.3) is 0 Å². The maximum atomic E-state index is 11.2. The molecule has 0 aliphatic rings. The van der Waals surface area contributed by atoms with Gasteiger partial charge in [-0.3, -0.25) is 4.79 Å². The second kappa shape index (κ2) is 4.54. The normalized spacial score (nSPS) is 12.4. The molecule has 1 aromatic heterocycles. The summed E-state index contributed by atoms with van der Waals surface area (Å²) in [4.78, 5) is 11.2. The molecule has 3 heteroatoms. The molecule has 2 nitrogen and oxygen atoms in total. The Labute approximate surface area is 99.5 Å². The Balaban J connectivity index is 2.38. The number of halogens is 1. The van der Waals surface area contributed by atoms with E-state index in [4.69, 9.17) is 11.6 Å². The molecule has 0 fully saturated rings. The Bertz CT molecular complexity index is 490. The van der Waals surface area contributed by atoms with Crippen molar-refractivity contribution in [3.8, 4) is 0 Å². The molecule has 0 saturated carbocycles. The molecule has 1 heterocycles. The van der Waals surface area contributed by atoms with E-state index in [1.54, 1.807) is 6.07 Å². The topological polar surface area (TPSA) is 22.0 Å². The predicted octanol–water partition coefficient (Wildman–Crippen LogP) is 3.48. The maximum absolute atomic E-state index is 11.2. The summed E-state index contributed by atoms with van der Waals surface area (Å²) in [6.07, 6.45) is 1.87. The van der Waals surface area contributed by atoms with Gasteiger partial charge in [0.25, 0.3) is 5.24 Å². The van der Waals surface area contributed by atoms with Crippen molar-refractivity contribution >= 4 is 16.8 Å². The van der Waals surface area contributed by atoms with Gasteiger partial charge in [-0.15, -0.1) is 0 Å². The number of hydrogen-bond acceptors (Lipinski definition) is 1. The highest BCUT2D eigenvalue weighted by Crippen LogP contribution is 2.20. The third-order valence-corrected chi connectivity index (χ3v) is 2.87. The lowest BCUT2D eigenvalue weighted by atomic mass is 10.1. The van der Waals surface area contributed by atoms with E-state index in [0.717, 1.165) is 5.56 Å².